The van der Waals surface area contributed by atoms with Crippen molar-refractivity contribution in [3.63, 3.8) is 0 Å². The average molecular weight is 395 g/mol. The van der Waals surface area contributed by atoms with Gasteiger partial charge in [-0.2, -0.15) is 11.8 Å². The number of halogens is 1. The van der Waals surface area contributed by atoms with E-state index < -0.39 is 0 Å². The number of hydrogen-bond donors (Lipinski definition) is 2. The fourth-order valence-corrected chi connectivity index (χ4v) is 3.80. The summed E-state index contributed by atoms with van der Waals surface area (Å²) in [6.45, 7) is 8.26. The highest BCUT2D eigenvalue weighted by molar-refractivity contribution is 7.97. The normalized spacial score (nSPS) is 11.8. The van der Waals surface area contributed by atoms with Crippen LogP contribution in [0.1, 0.15) is 48.5 Å². The van der Waals surface area contributed by atoms with E-state index >= 15 is 0 Å². The minimum atomic E-state index is -0.198. The molecule has 0 fully saturated rings. The van der Waals surface area contributed by atoms with Crippen LogP contribution in [0.15, 0.2) is 28.6 Å². The molecule has 0 unspecified atom stereocenters. The third-order valence-corrected chi connectivity index (χ3v) is 5.51. The van der Waals surface area contributed by atoms with Crippen LogP contribution < -0.4 is 10.6 Å². The van der Waals surface area contributed by atoms with Crippen molar-refractivity contribution >= 4 is 29.1 Å². The molecule has 0 atom stereocenters. The van der Waals surface area contributed by atoms with Gasteiger partial charge in [0.25, 0.3) is 0 Å². The van der Waals surface area contributed by atoms with Crippen LogP contribution in [-0.2, 0) is 18.8 Å². The number of thioether (sulfide) groups is 1. The van der Waals surface area contributed by atoms with Gasteiger partial charge in [0.15, 0.2) is 5.96 Å². The molecule has 4 nitrogen and oxygen atoms in total. The highest BCUT2D eigenvalue weighted by Crippen LogP contribution is 2.19. The Balaban J connectivity index is 2.04. The van der Waals surface area contributed by atoms with E-state index in [1.165, 1.54) is 6.07 Å². The first-order valence-electron chi connectivity index (χ1n) is 8.76. The van der Waals surface area contributed by atoms with E-state index in [-0.39, 0.29) is 5.82 Å². The van der Waals surface area contributed by atoms with E-state index in [2.05, 4.69) is 39.8 Å². The summed E-state index contributed by atoms with van der Waals surface area (Å²) in [6, 6.07) is 4.92. The van der Waals surface area contributed by atoms with E-state index in [4.69, 9.17) is 0 Å². The molecule has 0 spiro atoms. The van der Waals surface area contributed by atoms with E-state index in [1.54, 1.807) is 29.2 Å². The zero-order valence-electron chi connectivity index (χ0n) is 15.8. The maximum absolute atomic E-state index is 13.5. The van der Waals surface area contributed by atoms with Crippen molar-refractivity contribution in [2.75, 3.05) is 12.8 Å². The molecule has 0 aliphatic rings. The molecule has 0 bridgehead atoms. The standard InChI is InChI=1S/C19H27FN4S2/c1-5-21-19(23-10-17-12-26-18(24-17)13(2)3)22-9-14-6-7-16(20)8-15(14)11-25-4/h6-8,12-13H,5,9-11H2,1-4H3,(H2,21,22,23). The van der Waals surface area contributed by atoms with E-state index in [1.807, 2.05) is 19.2 Å². The molecule has 0 radical (unpaired) electrons. The Hall–Kier alpha value is -1.60. The largest absolute Gasteiger partial charge is 0.357 e. The van der Waals surface area contributed by atoms with Gasteiger partial charge < -0.3 is 10.6 Å². The second-order valence-corrected chi connectivity index (χ2v) is 7.98. The molecule has 0 amide bonds. The minimum absolute atomic E-state index is 0.198. The van der Waals surface area contributed by atoms with Crippen LogP contribution >= 0.6 is 23.1 Å². The first-order chi connectivity index (χ1) is 12.5. The summed E-state index contributed by atoms with van der Waals surface area (Å²) in [5.74, 6) is 1.77. The van der Waals surface area contributed by atoms with E-state index in [0.717, 1.165) is 40.1 Å². The smallest absolute Gasteiger partial charge is 0.191 e. The van der Waals surface area contributed by atoms with Gasteiger partial charge in [-0.1, -0.05) is 19.9 Å². The quantitative estimate of drug-likeness (QED) is 0.510. The maximum atomic E-state index is 13.5. The second-order valence-electron chi connectivity index (χ2n) is 6.23. The number of aliphatic imine (C=N–C) groups is 1. The zero-order chi connectivity index (χ0) is 18.9. The topological polar surface area (TPSA) is 49.3 Å². The Bertz CT molecular complexity index is 728. The summed E-state index contributed by atoms with van der Waals surface area (Å²) < 4.78 is 13.5. The van der Waals surface area contributed by atoms with E-state index in [9.17, 15) is 4.39 Å². The Morgan fingerprint density at radius 3 is 2.77 bits per heavy atom. The molecule has 0 saturated heterocycles. The Morgan fingerprint density at radius 1 is 1.31 bits per heavy atom. The monoisotopic (exact) mass is 394 g/mol. The van der Waals surface area contributed by atoms with Crippen LogP contribution in [0.2, 0.25) is 0 Å². The van der Waals surface area contributed by atoms with Crippen molar-refractivity contribution in [3.05, 3.63) is 51.2 Å². The van der Waals surface area contributed by atoms with Gasteiger partial charge in [0.05, 0.1) is 23.8 Å². The van der Waals surface area contributed by atoms with Gasteiger partial charge in [-0.25, -0.2) is 14.4 Å². The van der Waals surface area contributed by atoms with Crippen molar-refractivity contribution in [1.82, 2.24) is 15.6 Å². The average Bonchev–Trinajstić information content (AvgIpc) is 3.08. The molecule has 1 aromatic carbocycles. The summed E-state index contributed by atoms with van der Waals surface area (Å²) in [5, 5.41) is 9.81. The molecule has 26 heavy (non-hydrogen) atoms. The Labute approximate surface area is 163 Å². The van der Waals surface area contributed by atoms with Gasteiger partial charge in [0, 0.05) is 23.6 Å². The van der Waals surface area contributed by atoms with Crippen LogP contribution in [0.4, 0.5) is 4.39 Å². The summed E-state index contributed by atoms with van der Waals surface area (Å²) in [4.78, 5) is 9.29. The molecule has 7 heteroatoms. The molecule has 142 valence electrons. The van der Waals surface area contributed by atoms with Crippen LogP contribution in [-0.4, -0.2) is 23.7 Å². The third-order valence-electron chi connectivity index (χ3n) is 3.72. The molecule has 0 aliphatic heterocycles. The Morgan fingerprint density at radius 2 is 2.12 bits per heavy atom. The van der Waals surface area contributed by atoms with Crippen molar-refractivity contribution in [2.24, 2.45) is 4.99 Å². The molecule has 0 saturated carbocycles. The van der Waals surface area contributed by atoms with Gasteiger partial charge in [-0.3, -0.25) is 0 Å². The zero-order valence-corrected chi connectivity index (χ0v) is 17.4. The van der Waals surface area contributed by atoms with Crippen molar-refractivity contribution in [2.45, 2.75) is 45.5 Å². The Kier molecular flexibility index (Phi) is 8.38. The predicted octanol–water partition coefficient (Wildman–Crippen LogP) is 4.52. The minimum Gasteiger partial charge on any atom is -0.357 e. The predicted molar refractivity (Wildman–Crippen MR) is 111 cm³/mol. The van der Waals surface area contributed by atoms with Gasteiger partial charge in [0.2, 0.25) is 0 Å². The SMILES string of the molecule is CCNC(=NCc1ccc(F)cc1CSC)NCc1csc(C(C)C)n1. The van der Waals surface area contributed by atoms with Gasteiger partial charge in [-0.15, -0.1) is 11.3 Å². The van der Waals surface area contributed by atoms with Gasteiger partial charge in [0.1, 0.15) is 5.82 Å². The number of rotatable bonds is 8. The number of nitrogens with one attached hydrogen (secondary N) is 2. The number of benzene rings is 1. The number of aromatic nitrogens is 1. The molecular weight excluding hydrogens is 367 g/mol. The fraction of sp³-hybridized carbons (Fsp3) is 0.474. The molecule has 1 aromatic heterocycles. The van der Waals surface area contributed by atoms with Crippen LogP contribution in [0.3, 0.4) is 0 Å². The summed E-state index contributed by atoms with van der Waals surface area (Å²) >= 11 is 3.37. The lowest BCUT2D eigenvalue weighted by Gasteiger charge is -2.12. The molecule has 2 N–H and O–H groups in total. The summed E-state index contributed by atoms with van der Waals surface area (Å²) in [6.07, 6.45) is 2.02. The third kappa shape index (κ3) is 6.29. The van der Waals surface area contributed by atoms with Crippen LogP contribution in [0.25, 0.3) is 0 Å². The van der Waals surface area contributed by atoms with Crippen LogP contribution in [0.5, 0.6) is 0 Å². The number of nitrogens with zero attached hydrogens (tertiary/aromatic N) is 2. The molecule has 1 heterocycles. The highest BCUT2D eigenvalue weighted by Gasteiger charge is 2.07. The van der Waals surface area contributed by atoms with Crippen LogP contribution in [0, 0.1) is 5.82 Å². The maximum Gasteiger partial charge on any atom is 0.191 e. The van der Waals surface area contributed by atoms with Crippen molar-refractivity contribution < 1.29 is 4.39 Å². The number of hydrogen-bond acceptors (Lipinski definition) is 4. The highest BCUT2D eigenvalue weighted by atomic mass is 32.2. The number of guanidine groups is 1. The molecule has 0 aliphatic carbocycles. The van der Waals surface area contributed by atoms with Crippen molar-refractivity contribution in [1.29, 1.82) is 0 Å². The lowest BCUT2D eigenvalue weighted by molar-refractivity contribution is 0.625. The van der Waals surface area contributed by atoms with Gasteiger partial charge in [-0.05, 0) is 36.4 Å². The summed E-state index contributed by atoms with van der Waals surface area (Å²) in [5.41, 5.74) is 3.07. The number of thiazole rings is 1. The fourth-order valence-electron chi connectivity index (χ4n) is 2.39. The molecular formula is C19H27FN4S2. The first kappa shape index (κ1) is 20.7. The van der Waals surface area contributed by atoms with E-state index in [0.29, 0.717) is 19.0 Å². The lowest BCUT2D eigenvalue weighted by atomic mass is 10.1. The lowest BCUT2D eigenvalue weighted by Crippen LogP contribution is -2.36. The second kappa shape index (κ2) is 10.5. The van der Waals surface area contributed by atoms with Crippen molar-refractivity contribution in [3.8, 4) is 0 Å². The van der Waals surface area contributed by atoms with Gasteiger partial charge >= 0.3 is 0 Å². The molecule has 2 aromatic rings. The first-order valence-corrected chi connectivity index (χ1v) is 11.0. The molecule has 2 rings (SSSR count). The summed E-state index contributed by atoms with van der Waals surface area (Å²) in [7, 11) is 0.